The number of aryl methyl sites for hydroxylation is 1. The van der Waals surface area contributed by atoms with E-state index in [0.29, 0.717) is 0 Å². The van der Waals surface area contributed by atoms with Crippen LogP contribution in [0.1, 0.15) is 11.1 Å². The van der Waals surface area contributed by atoms with E-state index in [1.165, 1.54) is 11.1 Å². The Balaban J connectivity index is 2.12. The third-order valence-corrected chi connectivity index (χ3v) is 3.65. The molecule has 0 aliphatic heterocycles. The smallest absolute Gasteiger partial charge is 0.0637 e. The van der Waals surface area contributed by atoms with E-state index < -0.39 is 0 Å². The number of hydrogen-bond acceptors (Lipinski definition) is 1. The van der Waals surface area contributed by atoms with Gasteiger partial charge in [-0.25, -0.2) is 0 Å². The van der Waals surface area contributed by atoms with E-state index >= 15 is 0 Å². The zero-order chi connectivity index (χ0) is 12.3. The van der Waals surface area contributed by atoms with Gasteiger partial charge in [-0.2, -0.15) is 0 Å². The standard InChI is InChI=1S/C14H13BrClN/c1-10-6-7-13(16)14(8-10)17-9-11-4-2-3-5-12(11)15/h2-8,17H,9H2,1H3. The molecule has 2 aromatic carbocycles. The van der Waals surface area contributed by atoms with Crippen molar-refractivity contribution >= 4 is 33.2 Å². The maximum absolute atomic E-state index is 6.13. The van der Waals surface area contributed by atoms with E-state index in [0.717, 1.165) is 21.7 Å². The lowest BCUT2D eigenvalue weighted by molar-refractivity contribution is 1.13. The highest BCUT2D eigenvalue weighted by Crippen LogP contribution is 2.24. The van der Waals surface area contributed by atoms with Crippen LogP contribution < -0.4 is 5.32 Å². The highest BCUT2D eigenvalue weighted by atomic mass is 79.9. The molecule has 0 radical (unpaired) electrons. The van der Waals surface area contributed by atoms with Gasteiger partial charge in [0.25, 0.3) is 0 Å². The molecule has 0 unspecified atom stereocenters. The van der Waals surface area contributed by atoms with Gasteiger partial charge >= 0.3 is 0 Å². The number of benzene rings is 2. The first-order chi connectivity index (χ1) is 8.16. The average Bonchev–Trinajstić information content (AvgIpc) is 2.32. The van der Waals surface area contributed by atoms with Crippen molar-refractivity contribution in [3.63, 3.8) is 0 Å². The summed E-state index contributed by atoms with van der Waals surface area (Å²) in [5, 5.41) is 4.10. The van der Waals surface area contributed by atoms with E-state index in [4.69, 9.17) is 11.6 Å². The van der Waals surface area contributed by atoms with Crippen LogP contribution in [0.3, 0.4) is 0 Å². The summed E-state index contributed by atoms with van der Waals surface area (Å²) in [6, 6.07) is 14.1. The van der Waals surface area contributed by atoms with Crippen molar-refractivity contribution in [2.75, 3.05) is 5.32 Å². The number of hydrogen-bond donors (Lipinski definition) is 1. The molecule has 0 fully saturated rings. The maximum Gasteiger partial charge on any atom is 0.0637 e. The molecule has 1 nitrogen and oxygen atoms in total. The Morgan fingerprint density at radius 2 is 1.94 bits per heavy atom. The number of rotatable bonds is 3. The van der Waals surface area contributed by atoms with E-state index in [2.05, 4.69) is 40.3 Å². The molecule has 0 heterocycles. The van der Waals surface area contributed by atoms with Crippen molar-refractivity contribution < 1.29 is 0 Å². The topological polar surface area (TPSA) is 12.0 Å². The van der Waals surface area contributed by atoms with Gasteiger partial charge in [0, 0.05) is 11.0 Å². The number of anilines is 1. The van der Waals surface area contributed by atoms with Gasteiger partial charge in [0.1, 0.15) is 0 Å². The van der Waals surface area contributed by atoms with Crippen molar-refractivity contribution in [3.8, 4) is 0 Å². The summed E-state index contributed by atoms with van der Waals surface area (Å²) < 4.78 is 1.11. The van der Waals surface area contributed by atoms with Gasteiger partial charge in [0.15, 0.2) is 0 Å². The van der Waals surface area contributed by atoms with Crippen LogP contribution >= 0.6 is 27.5 Å². The van der Waals surface area contributed by atoms with Crippen molar-refractivity contribution in [3.05, 3.63) is 63.1 Å². The zero-order valence-electron chi connectivity index (χ0n) is 9.50. The Bertz CT molecular complexity index is 525. The number of nitrogens with one attached hydrogen (secondary N) is 1. The molecule has 0 aliphatic rings. The van der Waals surface area contributed by atoms with Crippen molar-refractivity contribution in [2.24, 2.45) is 0 Å². The molecule has 0 spiro atoms. The predicted octanol–water partition coefficient (Wildman–Crippen LogP) is 5.02. The third kappa shape index (κ3) is 3.24. The summed E-state index contributed by atoms with van der Waals surface area (Å²) in [6.07, 6.45) is 0. The lowest BCUT2D eigenvalue weighted by Gasteiger charge is -2.10. The van der Waals surface area contributed by atoms with Crippen molar-refractivity contribution in [1.29, 1.82) is 0 Å². The van der Waals surface area contributed by atoms with Gasteiger partial charge in [-0.05, 0) is 36.2 Å². The fourth-order valence-corrected chi connectivity index (χ4v) is 2.22. The summed E-state index contributed by atoms with van der Waals surface area (Å²) in [5.41, 5.74) is 3.39. The molecule has 0 atom stereocenters. The lowest BCUT2D eigenvalue weighted by atomic mass is 10.2. The first-order valence-corrected chi connectivity index (χ1v) is 6.57. The van der Waals surface area contributed by atoms with Crippen LogP contribution in [0.25, 0.3) is 0 Å². The second kappa shape index (κ2) is 5.56. The monoisotopic (exact) mass is 309 g/mol. The Morgan fingerprint density at radius 3 is 2.71 bits per heavy atom. The Kier molecular flexibility index (Phi) is 4.08. The van der Waals surface area contributed by atoms with Gasteiger partial charge < -0.3 is 5.32 Å². The first-order valence-electron chi connectivity index (χ1n) is 5.40. The second-order valence-corrected chi connectivity index (χ2v) is 5.19. The van der Waals surface area contributed by atoms with E-state index in [1.807, 2.05) is 30.3 Å². The highest BCUT2D eigenvalue weighted by Gasteiger charge is 2.02. The van der Waals surface area contributed by atoms with Crippen molar-refractivity contribution in [2.45, 2.75) is 13.5 Å². The molecule has 17 heavy (non-hydrogen) atoms. The fraction of sp³-hybridized carbons (Fsp3) is 0.143. The molecule has 0 aliphatic carbocycles. The van der Waals surface area contributed by atoms with Crippen LogP contribution in [0.15, 0.2) is 46.9 Å². The van der Waals surface area contributed by atoms with Crippen LogP contribution in [0.2, 0.25) is 5.02 Å². The first kappa shape index (κ1) is 12.5. The van der Waals surface area contributed by atoms with Gasteiger partial charge in [-0.3, -0.25) is 0 Å². The molecule has 2 rings (SSSR count). The molecule has 88 valence electrons. The van der Waals surface area contributed by atoms with E-state index in [1.54, 1.807) is 0 Å². The van der Waals surface area contributed by atoms with Gasteiger partial charge in [-0.1, -0.05) is 51.8 Å². The van der Waals surface area contributed by atoms with E-state index in [9.17, 15) is 0 Å². The summed E-state index contributed by atoms with van der Waals surface area (Å²) >= 11 is 9.66. The quantitative estimate of drug-likeness (QED) is 0.839. The van der Waals surface area contributed by atoms with Gasteiger partial charge in [0.05, 0.1) is 10.7 Å². The van der Waals surface area contributed by atoms with Crippen LogP contribution in [-0.2, 0) is 6.54 Å². The molecule has 0 amide bonds. The molecular formula is C14H13BrClN. The molecule has 0 aromatic heterocycles. The highest BCUT2D eigenvalue weighted by molar-refractivity contribution is 9.10. The summed E-state index contributed by atoms with van der Waals surface area (Å²) in [4.78, 5) is 0. The normalized spacial score (nSPS) is 10.3. The molecule has 0 saturated heterocycles. The molecule has 0 saturated carbocycles. The minimum Gasteiger partial charge on any atom is -0.380 e. The second-order valence-electron chi connectivity index (χ2n) is 3.93. The Labute approximate surface area is 115 Å². The Hall–Kier alpha value is -0.990. The number of halogens is 2. The molecule has 2 aromatic rings. The minimum atomic E-state index is 0.752. The maximum atomic E-state index is 6.13. The molecule has 3 heteroatoms. The van der Waals surface area contributed by atoms with Gasteiger partial charge in [-0.15, -0.1) is 0 Å². The predicted molar refractivity (Wildman–Crippen MR) is 77.7 cm³/mol. The third-order valence-electron chi connectivity index (χ3n) is 2.55. The van der Waals surface area contributed by atoms with Crippen LogP contribution in [0, 0.1) is 6.92 Å². The largest absolute Gasteiger partial charge is 0.380 e. The molecule has 0 bridgehead atoms. The summed E-state index contributed by atoms with van der Waals surface area (Å²) in [7, 11) is 0. The fourth-order valence-electron chi connectivity index (χ4n) is 1.61. The van der Waals surface area contributed by atoms with Gasteiger partial charge in [0.2, 0.25) is 0 Å². The van der Waals surface area contributed by atoms with Crippen molar-refractivity contribution in [1.82, 2.24) is 0 Å². The van der Waals surface area contributed by atoms with E-state index in [-0.39, 0.29) is 0 Å². The van der Waals surface area contributed by atoms with Crippen LogP contribution in [0.4, 0.5) is 5.69 Å². The molecule has 1 N–H and O–H groups in total. The molecular weight excluding hydrogens is 298 g/mol. The Morgan fingerprint density at radius 1 is 1.18 bits per heavy atom. The average molecular weight is 311 g/mol. The summed E-state index contributed by atoms with van der Waals surface area (Å²) in [5.74, 6) is 0. The summed E-state index contributed by atoms with van der Waals surface area (Å²) in [6.45, 7) is 2.81. The van der Waals surface area contributed by atoms with Crippen LogP contribution in [-0.4, -0.2) is 0 Å². The SMILES string of the molecule is Cc1ccc(Cl)c(NCc2ccccc2Br)c1. The zero-order valence-corrected chi connectivity index (χ0v) is 11.8. The van der Waals surface area contributed by atoms with Crippen LogP contribution in [0.5, 0.6) is 0 Å². The lowest BCUT2D eigenvalue weighted by Crippen LogP contribution is -2.00. The minimum absolute atomic E-state index is 0.752.